The zero-order chi connectivity index (χ0) is 28.8. The van der Waals surface area contributed by atoms with Gasteiger partial charge in [-0.15, -0.1) is 0 Å². The highest BCUT2D eigenvalue weighted by molar-refractivity contribution is 6.98. The minimum absolute atomic E-state index is 0.0127. The van der Waals surface area contributed by atoms with Crippen molar-refractivity contribution in [2.24, 2.45) is 11.8 Å². The molecule has 3 aromatic rings. The molecular weight excluding hydrogens is 512 g/mol. The van der Waals surface area contributed by atoms with E-state index in [0.717, 1.165) is 55.3 Å². The van der Waals surface area contributed by atoms with E-state index in [4.69, 9.17) is 9.47 Å². The van der Waals surface area contributed by atoms with Crippen LogP contribution in [0.2, 0.25) is 5.04 Å². The van der Waals surface area contributed by atoms with E-state index in [0.29, 0.717) is 23.0 Å². The van der Waals surface area contributed by atoms with Crippen LogP contribution in [0.4, 0.5) is 0 Å². The summed E-state index contributed by atoms with van der Waals surface area (Å²) in [5.74, 6) is 2.22. The van der Waals surface area contributed by atoms with Gasteiger partial charge < -0.3 is 14.3 Å². The number of ketones is 1. The Morgan fingerprint density at radius 3 is 2.00 bits per heavy atom. The number of hydrogen-bond donors (Lipinski definition) is 1. The Labute approximate surface area is 241 Å². The van der Waals surface area contributed by atoms with Crippen LogP contribution in [0.25, 0.3) is 0 Å². The normalized spacial score (nSPS) is 18.0. The van der Waals surface area contributed by atoms with Crippen LogP contribution in [0.5, 0.6) is 11.5 Å². The second-order valence-electron chi connectivity index (χ2n) is 12.3. The first kappa shape index (κ1) is 30.1. The van der Waals surface area contributed by atoms with Gasteiger partial charge in [-0.1, -0.05) is 87.4 Å². The lowest BCUT2D eigenvalue weighted by Crippen LogP contribution is -2.65. The van der Waals surface area contributed by atoms with Crippen molar-refractivity contribution < 1.29 is 19.1 Å². The zero-order valence-electron chi connectivity index (χ0n) is 24.9. The fraction of sp³-hybridized carbons (Fsp3) is 0.457. The molecule has 5 heteroatoms. The van der Waals surface area contributed by atoms with Crippen LogP contribution < -0.4 is 19.8 Å². The molecule has 0 spiro atoms. The molecule has 1 fully saturated rings. The average Bonchev–Trinajstić information content (AvgIpc) is 2.97. The predicted octanol–water partition coefficient (Wildman–Crippen LogP) is 7.17. The molecule has 1 saturated carbocycles. The lowest BCUT2D eigenvalue weighted by atomic mass is 9.77. The summed E-state index contributed by atoms with van der Waals surface area (Å²) in [6.07, 6.45) is 7.26. The highest BCUT2D eigenvalue weighted by Crippen LogP contribution is 2.42. The average molecular weight is 559 g/mol. The van der Waals surface area contributed by atoms with Gasteiger partial charge in [-0.05, 0) is 85.5 Å². The van der Waals surface area contributed by atoms with Gasteiger partial charge in [-0.25, -0.2) is 0 Å². The van der Waals surface area contributed by atoms with Crippen LogP contribution in [0.15, 0.2) is 78.9 Å². The van der Waals surface area contributed by atoms with Crippen molar-refractivity contribution >= 4 is 24.5 Å². The van der Waals surface area contributed by atoms with Gasteiger partial charge in [0.15, 0.2) is 17.3 Å². The molecule has 0 amide bonds. The van der Waals surface area contributed by atoms with Crippen LogP contribution in [-0.4, -0.2) is 32.1 Å². The Kier molecular flexibility index (Phi) is 9.91. The fourth-order valence-corrected chi connectivity index (χ4v) is 10.2. The second-order valence-corrected chi connectivity index (χ2v) is 16.3. The Hall–Kier alpha value is -2.89. The van der Waals surface area contributed by atoms with E-state index >= 15 is 0 Å². The minimum atomic E-state index is -2.97. The van der Waals surface area contributed by atoms with E-state index in [9.17, 15) is 9.59 Å². The van der Waals surface area contributed by atoms with Crippen molar-refractivity contribution in [1.82, 2.24) is 0 Å². The van der Waals surface area contributed by atoms with Crippen molar-refractivity contribution in [3.05, 3.63) is 84.4 Å². The number of ether oxygens (including phenoxy) is 2. The van der Waals surface area contributed by atoms with Crippen LogP contribution in [0.1, 0.15) is 83.0 Å². The van der Waals surface area contributed by atoms with E-state index in [2.05, 4.69) is 38.1 Å². The molecule has 0 bridgehead atoms. The van der Waals surface area contributed by atoms with Crippen molar-refractivity contribution in [1.29, 1.82) is 0 Å². The molecule has 40 heavy (non-hydrogen) atoms. The molecule has 4 rings (SSSR count). The Bertz CT molecular complexity index is 1190. The van der Waals surface area contributed by atoms with Crippen molar-refractivity contribution in [2.45, 2.75) is 83.8 Å². The smallest absolute Gasteiger partial charge is 0.258 e. The van der Waals surface area contributed by atoms with Crippen LogP contribution in [0.3, 0.4) is 0 Å². The summed E-state index contributed by atoms with van der Waals surface area (Å²) in [6.45, 7) is 8.45. The van der Waals surface area contributed by atoms with Crippen LogP contribution >= 0.6 is 0 Å². The van der Waals surface area contributed by atoms with E-state index in [1.807, 2.05) is 68.4 Å². The van der Waals surface area contributed by atoms with E-state index in [1.54, 1.807) is 7.11 Å². The number of Topliss-reactive ketones (excluding diaryl/α,β-unsaturated/α-hetero) is 1. The quantitative estimate of drug-likeness (QED) is 0.189. The number of carbonyl (C=O) groups excluding carboxylic acids is 1. The molecule has 1 aliphatic rings. The van der Waals surface area contributed by atoms with Crippen molar-refractivity contribution in [2.75, 3.05) is 7.11 Å². The largest absolute Gasteiger partial charge is 0.493 e. The van der Waals surface area contributed by atoms with E-state index in [-0.39, 0.29) is 22.8 Å². The lowest BCUT2D eigenvalue weighted by Gasteiger charge is -2.41. The van der Waals surface area contributed by atoms with E-state index < -0.39 is 8.32 Å². The van der Waals surface area contributed by atoms with Gasteiger partial charge in [0, 0.05) is 11.5 Å². The summed E-state index contributed by atoms with van der Waals surface area (Å²) in [5, 5.41) is 1.93. The van der Waals surface area contributed by atoms with Gasteiger partial charge in [0.05, 0.1) is 13.2 Å². The first-order valence-corrected chi connectivity index (χ1v) is 16.8. The highest BCUT2D eigenvalue weighted by atomic mass is 28.4. The summed E-state index contributed by atoms with van der Waals surface area (Å²) >= 11 is 0. The fourth-order valence-electron chi connectivity index (χ4n) is 6.45. The number of methoxy groups -OCH3 is 1. The van der Waals surface area contributed by atoms with Gasteiger partial charge in [0.25, 0.3) is 8.32 Å². The van der Waals surface area contributed by atoms with Gasteiger partial charge in [0.1, 0.15) is 0 Å². The SMILES string of the molecule is COc1ccc(C(=O)C2CCC(CCCC(C)(C)[Si](O)(c3ccccc3)c3ccccc3)CC2)cc1OC(C)C. The third-order valence-electron chi connectivity index (χ3n) is 8.81. The first-order chi connectivity index (χ1) is 19.2. The Morgan fingerprint density at radius 1 is 0.900 bits per heavy atom. The third kappa shape index (κ3) is 6.69. The second kappa shape index (κ2) is 13.2. The topological polar surface area (TPSA) is 55.8 Å². The zero-order valence-corrected chi connectivity index (χ0v) is 25.9. The maximum atomic E-state index is 13.3. The number of carbonyl (C=O) groups is 1. The molecule has 1 N–H and O–H groups in total. The maximum absolute atomic E-state index is 13.3. The molecular formula is C35H46O4Si. The van der Waals surface area contributed by atoms with E-state index in [1.165, 1.54) is 0 Å². The number of benzene rings is 3. The molecule has 0 heterocycles. The maximum Gasteiger partial charge on any atom is 0.258 e. The summed E-state index contributed by atoms with van der Waals surface area (Å²) in [7, 11) is -1.34. The third-order valence-corrected chi connectivity index (χ3v) is 13.4. The van der Waals surface area contributed by atoms with Gasteiger partial charge in [-0.2, -0.15) is 0 Å². The monoisotopic (exact) mass is 558 g/mol. The van der Waals surface area contributed by atoms with Crippen LogP contribution in [0, 0.1) is 11.8 Å². The molecule has 0 aliphatic heterocycles. The standard InChI is InChI=1S/C35H46O4Si/c1-26(2)39-33-25-29(22-23-32(33)38-5)34(36)28-20-18-27(19-21-28)13-12-24-35(3,4)40(37,30-14-8-6-9-15-30)31-16-10-7-11-17-31/h6-11,14-17,22-23,25-28,37H,12-13,18-21,24H2,1-5H3. The highest BCUT2D eigenvalue weighted by Gasteiger charge is 2.49. The summed E-state index contributed by atoms with van der Waals surface area (Å²) in [6, 6.07) is 26.1. The first-order valence-electron chi connectivity index (χ1n) is 14.9. The minimum Gasteiger partial charge on any atom is -0.493 e. The Morgan fingerprint density at radius 2 is 1.48 bits per heavy atom. The summed E-state index contributed by atoms with van der Waals surface area (Å²) in [4.78, 5) is 25.8. The van der Waals surface area contributed by atoms with Gasteiger partial charge in [0.2, 0.25) is 0 Å². The molecule has 3 aromatic carbocycles. The summed E-state index contributed by atoms with van der Waals surface area (Å²) in [5.41, 5.74) is 0.715. The summed E-state index contributed by atoms with van der Waals surface area (Å²) < 4.78 is 11.3. The number of rotatable bonds is 12. The number of hydrogen-bond acceptors (Lipinski definition) is 4. The van der Waals surface area contributed by atoms with Crippen LogP contribution in [-0.2, 0) is 0 Å². The molecule has 4 nitrogen and oxygen atoms in total. The lowest BCUT2D eigenvalue weighted by molar-refractivity contribution is 0.0868. The Balaban J connectivity index is 1.35. The molecule has 0 radical (unpaired) electrons. The molecule has 0 aromatic heterocycles. The molecule has 0 saturated heterocycles. The van der Waals surface area contributed by atoms with Crippen molar-refractivity contribution in [3.63, 3.8) is 0 Å². The van der Waals surface area contributed by atoms with Crippen molar-refractivity contribution in [3.8, 4) is 11.5 Å². The molecule has 1 aliphatic carbocycles. The predicted molar refractivity (Wildman–Crippen MR) is 167 cm³/mol. The molecule has 214 valence electrons. The van der Waals surface area contributed by atoms with Gasteiger partial charge in [-0.3, -0.25) is 4.79 Å². The molecule has 0 unspecified atom stereocenters. The molecule has 0 atom stereocenters. The van der Waals surface area contributed by atoms with Gasteiger partial charge >= 0.3 is 0 Å².